The molecule has 3 heterocycles. The lowest BCUT2D eigenvalue weighted by Crippen LogP contribution is -2.58. The molecule has 2 aliphatic rings. The minimum atomic E-state index is 0.553. The van der Waals surface area contributed by atoms with Crippen molar-refractivity contribution >= 4 is 10.9 Å². The molecule has 0 amide bonds. The van der Waals surface area contributed by atoms with Crippen LogP contribution in [0.25, 0.3) is 10.9 Å². The SMILES string of the molecule is CCN1CCN(C(C)C)[C@H]2CCn3c(c(C)c4ccccc43)[C@@H]21. The average Bonchev–Trinajstić information content (AvgIpc) is 2.87. The molecule has 0 spiro atoms. The molecule has 1 aromatic carbocycles. The van der Waals surface area contributed by atoms with Gasteiger partial charge in [0.25, 0.3) is 0 Å². The van der Waals surface area contributed by atoms with E-state index in [2.05, 4.69) is 66.3 Å². The maximum Gasteiger partial charge on any atom is 0.0662 e. The van der Waals surface area contributed by atoms with Crippen LogP contribution in [0.3, 0.4) is 0 Å². The van der Waals surface area contributed by atoms with Crippen LogP contribution in [0.2, 0.25) is 0 Å². The summed E-state index contributed by atoms with van der Waals surface area (Å²) in [5, 5.41) is 1.45. The Morgan fingerprint density at radius 3 is 2.65 bits per heavy atom. The molecule has 0 bridgehead atoms. The molecule has 0 saturated carbocycles. The zero-order valence-corrected chi connectivity index (χ0v) is 14.9. The molecule has 2 atom stereocenters. The number of likely N-dealkylation sites (N-methyl/N-ethyl adjacent to an activating group) is 1. The second-order valence-electron chi connectivity index (χ2n) is 7.44. The minimum Gasteiger partial charge on any atom is -0.343 e. The molecule has 3 heteroatoms. The molecule has 1 saturated heterocycles. The van der Waals surface area contributed by atoms with Gasteiger partial charge in [-0.25, -0.2) is 0 Å². The fourth-order valence-corrected chi connectivity index (χ4v) is 5.03. The van der Waals surface area contributed by atoms with Crippen molar-refractivity contribution in [2.45, 2.75) is 58.8 Å². The van der Waals surface area contributed by atoms with Crippen LogP contribution in [-0.4, -0.2) is 46.1 Å². The third kappa shape index (κ3) is 2.17. The Kier molecular flexibility index (Phi) is 3.73. The number of aryl methyl sites for hydroxylation is 2. The van der Waals surface area contributed by atoms with E-state index in [4.69, 9.17) is 0 Å². The van der Waals surface area contributed by atoms with Crippen LogP contribution >= 0.6 is 0 Å². The molecule has 0 aliphatic carbocycles. The molecule has 4 rings (SSSR count). The molecule has 1 fully saturated rings. The Hall–Kier alpha value is -1.32. The lowest BCUT2D eigenvalue weighted by molar-refractivity contribution is -0.0151. The van der Waals surface area contributed by atoms with E-state index in [0.717, 1.165) is 13.1 Å². The first-order chi connectivity index (χ1) is 11.1. The molecule has 3 nitrogen and oxygen atoms in total. The number of rotatable bonds is 2. The predicted octanol–water partition coefficient (Wildman–Crippen LogP) is 3.81. The van der Waals surface area contributed by atoms with Gasteiger partial charge in [-0.05, 0) is 45.4 Å². The highest BCUT2D eigenvalue weighted by molar-refractivity contribution is 5.85. The van der Waals surface area contributed by atoms with Gasteiger partial charge in [0.1, 0.15) is 0 Å². The van der Waals surface area contributed by atoms with Gasteiger partial charge >= 0.3 is 0 Å². The third-order valence-electron chi connectivity index (χ3n) is 6.10. The van der Waals surface area contributed by atoms with Crippen molar-refractivity contribution in [2.24, 2.45) is 0 Å². The number of para-hydroxylation sites is 1. The maximum atomic E-state index is 2.75. The van der Waals surface area contributed by atoms with Crippen LogP contribution in [0, 0.1) is 6.92 Å². The minimum absolute atomic E-state index is 0.553. The van der Waals surface area contributed by atoms with Crippen LogP contribution < -0.4 is 0 Å². The zero-order valence-electron chi connectivity index (χ0n) is 14.9. The quantitative estimate of drug-likeness (QED) is 0.835. The second-order valence-corrected chi connectivity index (χ2v) is 7.44. The van der Waals surface area contributed by atoms with Gasteiger partial charge in [-0.2, -0.15) is 0 Å². The topological polar surface area (TPSA) is 11.4 Å². The summed E-state index contributed by atoms with van der Waals surface area (Å²) < 4.78 is 2.61. The first-order valence-corrected chi connectivity index (χ1v) is 9.21. The Bertz CT molecular complexity index is 715. The highest BCUT2D eigenvalue weighted by atomic mass is 15.3. The van der Waals surface area contributed by atoms with Crippen molar-refractivity contribution in [1.29, 1.82) is 0 Å². The molecular weight excluding hydrogens is 282 g/mol. The predicted molar refractivity (Wildman–Crippen MR) is 96.9 cm³/mol. The number of fused-ring (bicyclic) bond motifs is 5. The van der Waals surface area contributed by atoms with Gasteiger partial charge in [0.15, 0.2) is 0 Å². The summed E-state index contributed by atoms with van der Waals surface area (Å²) in [5.74, 6) is 0. The first-order valence-electron chi connectivity index (χ1n) is 9.21. The van der Waals surface area contributed by atoms with Gasteiger partial charge in [-0.15, -0.1) is 0 Å². The normalized spacial score (nSPS) is 25.8. The molecule has 23 heavy (non-hydrogen) atoms. The van der Waals surface area contributed by atoms with Gasteiger partial charge in [-0.1, -0.05) is 25.1 Å². The number of nitrogens with zero attached hydrogens (tertiary/aromatic N) is 3. The summed E-state index contributed by atoms with van der Waals surface area (Å²) in [5.41, 5.74) is 4.50. The second kappa shape index (κ2) is 5.64. The lowest BCUT2D eigenvalue weighted by atomic mass is 9.89. The molecule has 0 radical (unpaired) electrons. The summed E-state index contributed by atoms with van der Waals surface area (Å²) in [6.07, 6.45) is 1.27. The van der Waals surface area contributed by atoms with Crippen molar-refractivity contribution in [3.05, 3.63) is 35.5 Å². The number of benzene rings is 1. The third-order valence-corrected chi connectivity index (χ3v) is 6.10. The average molecular weight is 311 g/mol. The van der Waals surface area contributed by atoms with Crippen molar-refractivity contribution < 1.29 is 0 Å². The summed E-state index contributed by atoms with van der Waals surface area (Å²) in [4.78, 5) is 5.46. The van der Waals surface area contributed by atoms with Gasteiger partial charge in [0.05, 0.1) is 6.04 Å². The van der Waals surface area contributed by atoms with E-state index in [1.807, 2.05) is 0 Å². The summed E-state index contributed by atoms with van der Waals surface area (Å²) in [7, 11) is 0. The highest BCUT2D eigenvalue weighted by Gasteiger charge is 2.42. The van der Waals surface area contributed by atoms with Gasteiger partial charge in [0, 0.05) is 48.3 Å². The fraction of sp³-hybridized carbons (Fsp3) is 0.600. The summed E-state index contributed by atoms with van der Waals surface area (Å²) in [6, 6.07) is 10.8. The first kappa shape index (κ1) is 15.2. The Morgan fingerprint density at radius 1 is 1.13 bits per heavy atom. The number of aromatic nitrogens is 1. The van der Waals surface area contributed by atoms with Crippen LogP contribution in [0.5, 0.6) is 0 Å². The Labute approximate surface area is 139 Å². The Morgan fingerprint density at radius 2 is 1.91 bits per heavy atom. The van der Waals surface area contributed by atoms with Crippen molar-refractivity contribution in [2.75, 3.05) is 19.6 Å². The Balaban J connectivity index is 1.89. The summed E-state index contributed by atoms with van der Waals surface area (Å²) >= 11 is 0. The van der Waals surface area contributed by atoms with Gasteiger partial charge in [0.2, 0.25) is 0 Å². The standard InChI is InChI=1S/C20H29N3/c1-5-21-12-13-22(14(2)3)18-10-11-23-17-9-7-6-8-16(17)15(4)19(23)20(18)21/h6-9,14,18,20H,5,10-13H2,1-4H3/t18-,20+/m0/s1. The van der Waals surface area contributed by atoms with E-state index in [9.17, 15) is 0 Å². The van der Waals surface area contributed by atoms with E-state index < -0.39 is 0 Å². The van der Waals surface area contributed by atoms with E-state index in [-0.39, 0.29) is 0 Å². The molecule has 0 unspecified atom stereocenters. The highest BCUT2D eigenvalue weighted by Crippen LogP contribution is 2.42. The maximum absolute atomic E-state index is 2.75. The molecule has 124 valence electrons. The molecule has 1 aromatic heterocycles. The van der Waals surface area contributed by atoms with Crippen molar-refractivity contribution in [1.82, 2.24) is 14.4 Å². The molecular formula is C20H29N3. The van der Waals surface area contributed by atoms with E-state index in [1.54, 1.807) is 5.69 Å². The molecule has 0 N–H and O–H groups in total. The van der Waals surface area contributed by atoms with E-state index in [0.29, 0.717) is 18.1 Å². The van der Waals surface area contributed by atoms with E-state index in [1.165, 1.54) is 36.0 Å². The van der Waals surface area contributed by atoms with Crippen LogP contribution in [-0.2, 0) is 6.54 Å². The van der Waals surface area contributed by atoms with Crippen molar-refractivity contribution in [3.63, 3.8) is 0 Å². The smallest absolute Gasteiger partial charge is 0.0662 e. The van der Waals surface area contributed by atoms with Crippen LogP contribution in [0.4, 0.5) is 0 Å². The van der Waals surface area contributed by atoms with Crippen LogP contribution in [0.15, 0.2) is 24.3 Å². The number of hydrogen-bond acceptors (Lipinski definition) is 2. The number of hydrogen-bond donors (Lipinski definition) is 0. The summed E-state index contributed by atoms with van der Waals surface area (Å²) in [6.45, 7) is 14.1. The van der Waals surface area contributed by atoms with E-state index >= 15 is 0 Å². The molecule has 2 aromatic rings. The molecule has 2 aliphatic heterocycles. The lowest BCUT2D eigenvalue weighted by Gasteiger charge is -2.51. The zero-order chi connectivity index (χ0) is 16.1. The largest absolute Gasteiger partial charge is 0.343 e. The van der Waals surface area contributed by atoms with Crippen LogP contribution in [0.1, 0.15) is 44.5 Å². The van der Waals surface area contributed by atoms with Gasteiger partial charge in [-0.3, -0.25) is 9.80 Å². The van der Waals surface area contributed by atoms with Gasteiger partial charge < -0.3 is 4.57 Å². The number of piperazine rings is 1. The monoisotopic (exact) mass is 311 g/mol. The fourth-order valence-electron chi connectivity index (χ4n) is 5.03. The van der Waals surface area contributed by atoms with Crippen molar-refractivity contribution in [3.8, 4) is 0 Å².